The predicted molar refractivity (Wildman–Crippen MR) is 185 cm³/mol. The van der Waals surface area contributed by atoms with Crippen molar-refractivity contribution in [3.8, 4) is 11.6 Å². The number of amides is 2. The SMILES string of the molecule is CCCC(CCC)c1cccc(NC(=O)C(C)C)c1.CCCC(NC(=O)c1cccnc1Oc1ccccc1)c1ccccc1. The Bertz CT molecular complexity index is 1430. The third-order valence-electron chi connectivity index (χ3n) is 7.48. The van der Waals surface area contributed by atoms with Crippen LogP contribution in [0.2, 0.25) is 0 Å². The number of nitrogens with one attached hydrogen (secondary N) is 2. The highest BCUT2D eigenvalue weighted by atomic mass is 16.5. The highest BCUT2D eigenvalue weighted by molar-refractivity contribution is 5.96. The number of ether oxygens (including phenoxy) is 1. The molecule has 1 atom stereocenters. The van der Waals surface area contributed by atoms with Gasteiger partial charge >= 0.3 is 0 Å². The molecule has 6 heteroatoms. The molecule has 4 aromatic rings. The molecule has 2 amide bonds. The Morgan fingerprint density at radius 3 is 1.98 bits per heavy atom. The van der Waals surface area contributed by atoms with Crippen LogP contribution in [-0.4, -0.2) is 16.8 Å². The number of carbonyl (C=O) groups excluding carboxylic acids is 2. The van der Waals surface area contributed by atoms with E-state index in [0.717, 1.165) is 24.1 Å². The van der Waals surface area contributed by atoms with E-state index >= 15 is 0 Å². The lowest BCUT2D eigenvalue weighted by Gasteiger charge is -2.19. The van der Waals surface area contributed by atoms with E-state index < -0.39 is 0 Å². The monoisotopic (exact) mass is 607 g/mol. The van der Waals surface area contributed by atoms with Crippen LogP contribution in [0.25, 0.3) is 0 Å². The van der Waals surface area contributed by atoms with Crippen molar-refractivity contribution in [2.45, 2.75) is 85.1 Å². The van der Waals surface area contributed by atoms with Crippen LogP contribution in [0, 0.1) is 5.92 Å². The minimum atomic E-state index is -0.189. The Labute approximate surface area is 269 Å². The average Bonchev–Trinajstić information content (AvgIpc) is 3.06. The summed E-state index contributed by atoms with van der Waals surface area (Å²) in [5.41, 5.74) is 3.80. The van der Waals surface area contributed by atoms with Gasteiger partial charge in [-0.25, -0.2) is 4.98 Å². The maximum absolute atomic E-state index is 12.9. The van der Waals surface area contributed by atoms with Crippen molar-refractivity contribution in [1.29, 1.82) is 0 Å². The van der Waals surface area contributed by atoms with E-state index in [1.165, 1.54) is 31.2 Å². The molecule has 0 aliphatic rings. The third-order valence-corrected chi connectivity index (χ3v) is 7.48. The minimum Gasteiger partial charge on any atom is -0.438 e. The van der Waals surface area contributed by atoms with Crippen molar-refractivity contribution in [3.05, 3.63) is 120 Å². The molecule has 0 aliphatic carbocycles. The average molecular weight is 608 g/mol. The van der Waals surface area contributed by atoms with Gasteiger partial charge in [-0.15, -0.1) is 0 Å². The lowest BCUT2D eigenvalue weighted by molar-refractivity contribution is -0.118. The van der Waals surface area contributed by atoms with Crippen LogP contribution in [0.1, 0.15) is 107 Å². The van der Waals surface area contributed by atoms with Gasteiger partial charge in [-0.05, 0) is 72.7 Å². The minimum absolute atomic E-state index is 0.0192. The predicted octanol–water partition coefficient (Wildman–Crippen LogP) is 10.1. The van der Waals surface area contributed by atoms with Gasteiger partial charge in [0.2, 0.25) is 11.8 Å². The topological polar surface area (TPSA) is 80.3 Å². The number of nitrogens with zero attached hydrogens (tertiary/aromatic N) is 1. The fraction of sp³-hybridized carbons (Fsp3) is 0.359. The molecule has 0 spiro atoms. The number of pyridine rings is 1. The number of para-hydroxylation sites is 1. The van der Waals surface area contributed by atoms with Crippen LogP contribution in [0.3, 0.4) is 0 Å². The van der Waals surface area contributed by atoms with E-state index in [-0.39, 0.29) is 23.8 Å². The number of hydrogen-bond donors (Lipinski definition) is 2. The smallest absolute Gasteiger partial charge is 0.257 e. The van der Waals surface area contributed by atoms with E-state index in [2.05, 4.69) is 48.5 Å². The lowest BCUT2D eigenvalue weighted by Crippen LogP contribution is -2.29. The Morgan fingerprint density at radius 1 is 0.733 bits per heavy atom. The first-order chi connectivity index (χ1) is 21.9. The number of aromatic nitrogens is 1. The quantitative estimate of drug-likeness (QED) is 0.149. The Morgan fingerprint density at radius 2 is 1.36 bits per heavy atom. The summed E-state index contributed by atoms with van der Waals surface area (Å²) < 4.78 is 5.81. The molecule has 238 valence electrons. The molecular weight excluding hydrogens is 558 g/mol. The van der Waals surface area contributed by atoms with Gasteiger partial charge in [0, 0.05) is 17.8 Å². The maximum atomic E-state index is 12.9. The molecule has 0 fully saturated rings. The molecule has 0 radical (unpaired) electrons. The molecule has 0 saturated heterocycles. The molecule has 45 heavy (non-hydrogen) atoms. The van der Waals surface area contributed by atoms with Gasteiger partial charge < -0.3 is 15.4 Å². The number of hydrogen-bond acceptors (Lipinski definition) is 4. The molecule has 3 aromatic carbocycles. The molecule has 0 bridgehead atoms. The van der Waals surface area contributed by atoms with Crippen molar-refractivity contribution >= 4 is 17.5 Å². The van der Waals surface area contributed by atoms with E-state index in [1.807, 2.05) is 86.6 Å². The lowest BCUT2D eigenvalue weighted by atomic mass is 9.90. The number of anilines is 1. The van der Waals surface area contributed by atoms with Gasteiger partial charge in [-0.3, -0.25) is 9.59 Å². The second-order valence-electron chi connectivity index (χ2n) is 11.5. The molecule has 0 aliphatic heterocycles. The van der Waals surface area contributed by atoms with Gasteiger partial charge in [-0.1, -0.05) is 115 Å². The van der Waals surface area contributed by atoms with Crippen LogP contribution in [0.4, 0.5) is 5.69 Å². The summed E-state index contributed by atoms with van der Waals surface area (Å²) in [7, 11) is 0. The van der Waals surface area contributed by atoms with E-state index in [9.17, 15) is 9.59 Å². The summed E-state index contributed by atoms with van der Waals surface area (Å²) in [5, 5.41) is 6.10. The van der Waals surface area contributed by atoms with Crippen LogP contribution < -0.4 is 15.4 Å². The summed E-state index contributed by atoms with van der Waals surface area (Å²) in [5.74, 6) is 1.48. The van der Waals surface area contributed by atoms with Crippen LogP contribution in [-0.2, 0) is 4.79 Å². The second-order valence-corrected chi connectivity index (χ2v) is 11.5. The molecular formula is C39H49N3O3. The fourth-order valence-corrected chi connectivity index (χ4v) is 5.11. The summed E-state index contributed by atoms with van der Waals surface area (Å²) in [6.45, 7) is 10.4. The number of rotatable bonds is 14. The molecule has 1 unspecified atom stereocenters. The molecule has 6 nitrogen and oxygen atoms in total. The Kier molecular flexibility index (Phi) is 14.8. The van der Waals surface area contributed by atoms with Gasteiger partial charge in [0.25, 0.3) is 5.91 Å². The first kappa shape index (κ1) is 35.0. The summed E-state index contributed by atoms with van der Waals surface area (Å²) >= 11 is 0. The normalized spacial score (nSPS) is 11.4. The molecule has 1 aromatic heterocycles. The molecule has 1 heterocycles. The van der Waals surface area contributed by atoms with E-state index in [4.69, 9.17) is 4.74 Å². The largest absolute Gasteiger partial charge is 0.438 e. The molecule has 0 saturated carbocycles. The van der Waals surface area contributed by atoms with Gasteiger partial charge in [0.15, 0.2) is 0 Å². The van der Waals surface area contributed by atoms with Gasteiger partial charge in [0.1, 0.15) is 11.3 Å². The molecule has 4 rings (SSSR count). The summed E-state index contributed by atoms with van der Waals surface area (Å²) in [6.07, 6.45) is 8.30. The zero-order valence-corrected chi connectivity index (χ0v) is 27.5. The van der Waals surface area contributed by atoms with Crippen molar-refractivity contribution < 1.29 is 14.3 Å². The first-order valence-corrected chi connectivity index (χ1v) is 16.3. The first-order valence-electron chi connectivity index (χ1n) is 16.3. The zero-order valence-electron chi connectivity index (χ0n) is 27.5. The summed E-state index contributed by atoms with van der Waals surface area (Å²) in [6, 6.07) is 31.1. The van der Waals surface area contributed by atoms with Gasteiger partial charge in [-0.2, -0.15) is 0 Å². The fourth-order valence-electron chi connectivity index (χ4n) is 5.11. The highest BCUT2D eigenvalue weighted by Gasteiger charge is 2.19. The van der Waals surface area contributed by atoms with Crippen molar-refractivity contribution in [2.24, 2.45) is 5.92 Å². The van der Waals surface area contributed by atoms with Crippen molar-refractivity contribution in [2.75, 3.05) is 5.32 Å². The van der Waals surface area contributed by atoms with E-state index in [1.54, 1.807) is 18.3 Å². The Balaban J connectivity index is 0.000000259. The van der Waals surface area contributed by atoms with Crippen molar-refractivity contribution in [3.63, 3.8) is 0 Å². The second kappa shape index (κ2) is 19.0. The third kappa shape index (κ3) is 11.5. The van der Waals surface area contributed by atoms with Gasteiger partial charge in [0.05, 0.1) is 6.04 Å². The number of benzene rings is 3. The van der Waals surface area contributed by atoms with E-state index in [0.29, 0.717) is 23.1 Å². The molecule has 2 N–H and O–H groups in total. The summed E-state index contributed by atoms with van der Waals surface area (Å²) in [4.78, 5) is 28.9. The highest BCUT2D eigenvalue weighted by Crippen LogP contribution is 2.28. The van der Waals surface area contributed by atoms with Crippen LogP contribution in [0.5, 0.6) is 11.6 Å². The number of carbonyl (C=O) groups is 2. The van der Waals surface area contributed by atoms with Crippen LogP contribution in [0.15, 0.2) is 103 Å². The van der Waals surface area contributed by atoms with Crippen LogP contribution >= 0.6 is 0 Å². The Hall–Kier alpha value is -4.45. The van der Waals surface area contributed by atoms with Crippen molar-refractivity contribution in [1.82, 2.24) is 10.3 Å². The maximum Gasteiger partial charge on any atom is 0.257 e. The standard InChI is InChI=1S/C22H22N2O2.C17H27NO/c1-2-10-20(17-11-5-3-6-12-17)24-21(25)19-15-9-16-23-22(19)26-18-13-7-4-8-14-18;1-5-8-14(9-6-2)15-10-7-11-16(12-15)18-17(19)13(3)4/h3-9,11-16,20H,2,10H2,1H3,(H,24,25);7,10-14H,5-6,8-9H2,1-4H3,(H,18,19). The zero-order chi connectivity index (χ0) is 32.4.